The van der Waals surface area contributed by atoms with Crippen molar-refractivity contribution in [2.24, 2.45) is 0 Å². The molecule has 1 amide bonds. The number of hydrogen-bond acceptors (Lipinski definition) is 3. The van der Waals surface area contributed by atoms with Crippen LogP contribution in [0.4, 0.5) is 4.79 Å². The summed E-state index contributed by atoms with van der Waals surface area (Å²) in [7, 11) is 0. The van der Waals surface area contributed by atoms with Crippen molar-refractivity contribution in [1.29, 1.82) is 0 Å². The highest BCUT2D eigenvalue weighted by atomic mass is 16.6. The highest BCUT2D eigenvalue weighted by Gasteiger charge is 2.18. The predicted molar refractivity (Wildman–Crippen MR) is 73.8 cm³/mol. The molecule has 0 atom stereocenters. The molecule has 104 valence electrons. The van der Waals surface area contributed by atoms with Crippen LogP contribution in [-0.2, 0) is 9.53 Å². The lowest BCUT2D eigenvalue weighted by Crippen LogP contribution is -2.27. The Hall–Kier alpha value is -2.04. The fourth-order valence-corrected chi connectivity index (χ4v) is 1.39. The van der Waals surface area contributed by atoms with E-state index in [-0.39, 0.29) is 5.91 Å². The first-order valence-electron chi connectivity index (χ1n) is 6.11. The zero-order valence-electron chi connectivity index (χ0n) is 11.8. The van der Waals surface area contributed by atoms with Crippen molar-refractivity contribution in [3.8, 4) is 0 Å². The summed E-state index contributed by atoms with van der Waals surface area (Å²) in [6, 6.07) is 3.57. The van der Waals surface area contributed by atoms with Crippen LogP contribution in [0.1, 0.15) is 33.4 Å². The van der Waals surface area contributed by atoms with Crippen LogP contribution < -0.4 is 5.32 Å². The number of hydrogen-bond donors (Lipinski definition) is 1. The molecular weight excluding hydrogens is 244 g/mol. The lowest BCUT2D eigenvalue weighted by atomic mass is 10.2. The van der Waals surface area contributed by atoms with Crippen LogP contribution in [0.15, 0.2) is 24.4 Å². The summed E-state index contributed by atoms with van der Waals surface area (Å²) in [5.41, 5.74) is 0.179. The normalized spacial score (nSPS) is 11.6. The van der Waals surface area contributed by atoms with Crippen molar-refractivity contribution < 1.29 is 14.3 Å². The van der Waals surface area contributed by atoms with E-state index < -0.39 is 11.7 Å². The molecule has 5 heteroatoms. The number of amides is 1. The van der Waals surface area contributed by atoms with Gasteiger partial charge in [0.2, 0.25) is 5.91 Å². The van der Waals surface area contributed by atoms with Crippen molar-refractivity contribution in [3.05, 3.63) is 30.1 Å². The Morgan fingerprint density at radius 1 is 1.42 bits per heavy atom. The first kappa shape index (κ1) is 15.0. The quantitative estimate of drug-likeness (QED) is 0.912. The molecule has 0 saturated heterocycles. The zero-order chi connectivity index (χ0) is 14.5. The second-order valence-corrected chi connectivity index (χ2v) is 5.12. The molecule has 0 aliphatic rings. The van der Waals surface area contributed by atoms with Gasteiger partial charge in [0.05, 0.1) is 5.69 Å². The third kappa shape index (κ3) is 5.42. The van der Waals surface area contributed by atoms with Crippen LogP contribution in [0.5, 0.6) is 0 Å². The highest BCUT2D eigenvalue weighted by Crippen LogP contribution is 2.12. The van der Waals surface area contributed by atoms with Crippen LogP contribution in [0.2, 0.25) is 0 Å². The summed E-state index contributed by atoms with van der Waals surface area (Å²) in [5, 5.41) is 2.64. The third-order valence-corrected chi connectivity index (χ3v) is 2.13. The van der Waals surface area contributed by atoms with Gasteiger partial charge in [-0.15, -0.1) is 0 Å². The zero-order valence-corrected chi connectivity index (χ0v) is 11.8. The lowest BCUT2D eigenvalue weighted by molar-refractivity contribution is -0.118. The number of nitrogens with zero attached hydrogens (tertiary/aromatic N) is 1. The largest absolute Gasteiger partial charge is 0.443 e. The molecule has 1 aromatic rings. The van der Waals surface area contributed by atoms with Crippen molar-refractivity contribution in [3.63, 3.8) is 0 Å². The maximum absolute atomic E-state index is 11.9. The van der Waals surface area contributed by atoms with Crippen LogP contribution in [-0.4, -0.2) is 28.7 Å². The summed E-state index contributed by atoms with van der Waals surface area (Å²) in [4.78, 5) is 22.6. The molecule has 0 spiro atoms. The average molecular weight is 264 g/mol. The Balaban J connectivity index is 2.69. The Labute approximate surface area is 113 Å². The molecule has 5 nitrogen and oxygen atoms in total. The first-order chi connectivity index (χ1) is 8.79. The molecule has 1 aromatic heterocycles. The molecule has 0 aliphatic heterocycles. The first-order valence-corrected chi connectivity index (χ1v) is 6.11. The molecule has 1 heterocycles. The van der Waals surface area contributed by atoms with E-state index in [2.05, 4.69) is 5.32 Å². The third-order valence-electron chi connectivity index (χ3n) is 2.13. The minimum atomic E-state index is -0.529. The summed E-state index contributed by atoms with van der Waals surface area (Å²) in [6.07, 6.45) is 4.76. The van der Waals surface area contributed by atoms with Crippen LogP contribution >= 0.6 is 0 Å². The minimum Gasteiger partial charge on any atom is -0.443 e. The van der Waals surface area contributed by atoms with Gasteiger partial charge in [0.15, 0.2) is 0 Å². The number of nitrogens with one attached hydrogen (secondary N) is 1. The monoisotopic (exact) mass is 264 g/mol. The van der Waals surface area contributed by atoms with Gasteiger partial charge in [-0.3, -0.25) is 9.36 Å². The summed E-state index contributed by atoms with van der Waals surface area (Å²) >= 11 is 0. The van der Waals surface area contributed by atoms with Crippen LogP contribution in [0.25, 0.3) is 6.08 Å². The van der Waals surface area contributed by atoms with Crippen LogP contribution in [0, 0.1) is 0 Å². The standard InChI is InChI=1S/C14H20N2O3/c1-11(17)15-9-5-7-12-8-6-10-16(12)13(18)19-14(2,3)4/h5-8,10H,9H2,1-4H3,(H,15,17). The maximum Gasteiger partial charge on any atom is 0.418 e. The Bertz CT molecular complexity index is 481. The second kappa shape index (κ2) is 6.22. The number of rotatable bonds is 3. The van der Waals surface area contributed by atoms with Gasteiger partial charge in [0.25, 0.3) is 0 Å². The molecule has 0 radical (unpaired) electrons. The smallest absolute Gasteiger partial charge is 0.418 e. The van der Waals surface area contributed by atoms with E-state index in [1.165, 1.54) is 11.5 Å². The van der Waals surface area contributed by atoms with Gasteiger partial charge >= 0.3 is 6.09 Å². The molecule has 0 bridgehead atoms. The van der Waals surface area contributed by atoms with Gasteiger partial charge in [0.1, 0.15) is 5.60 Å². The van der Waals surface area contributed by atoms with Gasteiger partial charge in [-0.25, -0.2) is 4.79 Å². The van der Waals surface area contributed by atoms with Crippen molar-refractivity contribution in [1.82, 2.24) is 9.88 Å². The van der Waals surface area contributed by atoms with Gasteiger partial charge in [-0.2, -0.15) is 0 Å². The molecule has 0 unspecified atom stereocenters. The number of ether oxygens (including phenoxy) is 1. The van der Waals surface area contributed by atoms with E-state index in [1.54, 1.807) is 30.5 Å². The Morgan fingerprint density at radius 3 is 2.68 bits per heavy atom. The van der Waals surface area contributed by atoms with E-state index in [1.807, 2.05) is 20.8 Å². The molecular formula is C14H20N2O3. The second-order valence-electron chi connectivity index (χ2n) is 5.12. The van der Waals surface area contributed by atoms with E-state index >= 15 is 0 Å². The maximum atomic E-state index is 11.9. The van der Waals surface area contributed by atoms with Gasteiger partial charge < -0.3 is 10.1 Å². The molecule has 1 N–H and O–H groups in total. The summed E-state index contributed by atoms with van der Waals surface area (Å²) in [6.45, 7) is 7.34. The molecule has 0 fully saturated rings. The minimum absolute atomic E-state index is 0.0906. The topological polar surface area (TPSA) is 60.3 Å². The van der Waals surface area contributed by atoms with E-state index in [9.17, 15) is 9.59 Å². The molecule has 19 heavy (non-hydrogen) atoms. The Morgan fingerprint density at radius 2 is 2.11 bits per heavy atom. The molecule has 0 aromatic carbocycles. The fraction of sp³-hybridized carbons (Fsp3) is 0.429. The highest BCUT2D eigenvalue weighted by molar-refractivity contribution is 5.75. The summed E-state index contributed by atoms with van der Waals surface area (Å²) in [5.74, 6) is -0.0906. The van der Waals surface area contributed by atoms with Crippen molar-refractivity contribution >= 4 is 18.1 Å². The molecule has 0 aliphatic carbocycles. The predicted octanol–water partition coefficient (Wildman–Crippen LogP) is 2.42. The SMILES string of the molecule is CC(=O)NCC=Cc1cccn1C(=O)OC(C)(C)C. The van der Waals surface area contributed by atoms with Crippen molar-refractivity contribution in [2.45, 2.75) is 33.3 Å². The van der Waals surface area contributed by atoms with E-state index in [0.29, 0.717) is 12.2 Å². The van der Waals surface area contributed by atoms with Crippen molar-refractivity contribution in [2.75, 3.05) is 6.54 Å². The van der Waals surface area contributed by atoms with Gasteiger partial charge in [0, 0.05) is 19.7 Å². The Kier molecular flexibility index (Phi) is 4.92. The van der Waals surface area contributed by atoms with Gasteiger partial charge in [-0.1, -0.05) is 6.08 Å². The average Bonchev–Trinajstić information content (AvgIpc) is 2.69. The molecule has 0 saturated carbocycles. The number of carbonyl (C=O) groups is 2. The summed E-state index contributed by atoms with van der Waals surface area (Å²) < 4.78 is 6.71. The number of carbonyl (C=O) groups excluding carboxylic acids is 2. The number of aromatic nitrogens is 1. The van der Waals surface area contributed by atoms with Gasteiger partial charge in [-0.05, 0) is 39.0 Å². The lowest BCUT2D eigenvalue weighted by Gasteiger charge is -2.20. The van der Waals surface area contributed by atoms with E-state index in [0.717, 1.165) is 0 Å². The van der Waals surface area contributed by atoms with Crippen LogP contribution in [0.3, 0.4) is 0 Å². The van der Waals surface area contributed by atoms with E-state index in [4.69, 9.17) is 4.74 Å². The fourth-order valence-electron chi connectivity index (χ4n) is 1.39. The molecule has 1 rings (SSSR count).